The molecule has 0 unspecified atom stereocenters. The summed E-state index contributed by atoms with van der Waals surface area (Å²) in [5.41, 5.74) is 4.45. The molecule has 2 fully saturated rings. The molecule has 23 heavy (non-hydrogen) atoms. The number of nitrogens with zero attached hydrogens (tertiary/aromatic N) is 1. The first-order chi connectivity index (χ1) is 10.9. The summed E-state index contributed by atoms with van der Waals surface area (Å²) in [4.78, 5) is 26.3. The molecule has 2 aliphatic rings. The zero-order valence-corrected chi connectivity index (χ0v) is 13.7. The van der Waals surface area contributed by atoms with E-state index in [1.165, 1.54) is 0 Å². The van der Waals surface area contributed by atoms with Gasteiger partial charge in [0.2, 0.25) is 11.8 Å². The maximum atomic E-state index is 12.5. The van der Waals surface area contributed by atoms with Crippen LogP contribution in [0.3, 0.4) is 0 Å². The SMILES string of the molecule is CC(C)[C@@H]1CN(Cc2ccco2)C[C@H]1NC(=O)C1(C(N)=O)CC1. The van der Waals surface area contributed by atoms with E-state index >= 15 is 0 Å². The third kappa shape index (κ3) is 3.13. The molecule has 1 aromatic heterocycles. The Morgan fingerprint density at radius 2 is 2.17 bits per heavy atom. The van der Waals surface area contributed by atoms with Gasteiger partial charge in [0, 0.05) is 19.1 Å². The molecule has 1 aliphatic heterocycles. The predicted molar refractivity (Wildman–Crippen MR) is 85.1 cm³/mol. The van der Waals surface area contributed by atoms with Gasteiger partial charge >= 0.3 is 0 Å². The molecule has 2 amide bonds. The lowest BCUT2D eigenvalue weighted by Crippen LogP contribution is -2.48. The van der Waals surface area contributed by atoms with E-state index in [4.69, 9.17) is 10.2 Å². The van der Waals surface area contributed by atoms with Crippen molar-refractivity contribution in [1.82, 2.24) is 10.2 Å². The summed E-state index contributed by atoms with van der Waals surface area (Å²) < 4.78 is 5.41. The zero-order valence-electron chi connectivity index (χ0n) is 13.7. The highest BCUT2D eigenvalue weighted by atomic mass is 16.3. The minimum Gasteiger partial charge on any atom is -0.468 e. The number of hydrogen-bond donors (Lipinski definition) is 2. The van der Waals surface area contributed by atoms with Crippen molar-refractivity contribution in [3.05, 3.63) is 24.2 Å². The Kier molecular flexibility index (Phi) is 4.19. The van der Waals surface area contributed by atoms with Crippen LogP contribution in [0.1, 0.15) is 32.4 Å². The van der Waals surface area contributed by atoms with E-state index in [1.54, 1.807) is 6.26 Å². The minimum absolute atomic E-state index is 0.0503. The molecule has 3 rings (SSSR count). The van der Waals surface area contributed by atoms with Crippen molar-refractivity contribution in [2.24, 2.45) is 23.0 Å². The number of rotatable bonds is 6. The van der Waals surface area contributed by atoms with Gasteiger partial charge in [-0.15, -0.1) is 0 Å². The molecule has 2 heterocycles. The van der Waals surface area contributed by atoms with Gasteiger partial charge < -0.3 is 15.5 Å². The van der Waals surface area contributed by atoms with Crippen LogP contribution in [0, 0.1) is 17.3 Å². The molecular weight excluding hydrogens is 294 g/mol. The first kappa shape index (κ1) is 16.1. The molecule has 6 nitrogen and oxygen atoms in total. The summed E-state index contributed by atoms with van der Waals surface area (Å²) in [5.74, 6) is 1.04. The standard InChI is InChI=1S/C17H25N3O3/c1-11(2)13-9-20(8-12-4-3-7-23-12)10-14(13)19-16(22)17(5-6-17)15(18)21/h3-4,7,11,13-14H,5-6,8-10H2,1-2H3,(H2,18,21)(H,19,22)/t13-,14+/m0/s1. The number of carbonyl (C=O) groups excluding carboxylic acids is 2. The van der Waals surface area contributed by atoms with Crippen molar-refractivity contribution in [2.45, 2.75) is 39.3 Å². The summed E-state index contributed by atoms with van der Waals surface area (Å²) in [6.07, 6.45) is 2.82. The highest BCUT2D eigenvalue weighted by Gasteiger charge is 2.56. The summed E-state index contributed by atoms with van der Waals surface area (Å²) in [5, 5.41) is 3.09. The van der Waals surface area contributed by atoms with E-state index in [0.29, 0.717) is 24.7 Å². The molecule has 1 saturated heterocycles. The van der Waals surface area contributed by atoms with Gasteiger partial charge in [0.25, 0.3) is 0 Å². The fraction of sp³-hybridized carbons (Fsp3) is 0.647. The molecule has 0 aromatic carbocycles. The Bertz CT molecular complexity index is 578. The molecule has 1 saturated carbocycles. The topological polar surface area (TPSA) is 88.6 Å². The number of nitrogens with two attached hydrogens (primary N) is 1. The number of hydrogen-bond acceptors (Lipinski definition) is 4. The van der Waals surface area contributed by atoms with Crippen molar-refractivity contribution in [3.63, 3.8) is 0 Å². The van der Waals surface area contributed by atoms with Crippen LogP contribution < -0.4 is 11.1 Å². The number of likely N-dealkylation sites (tertiary alicyclic amines) is 1. The summed E-state index contributed by atoms with van der Waals surface area (Å²) in [6.45, 7) is 6.75. The summed E-state index contributed by atoms with van der Waals surface area (Å²) in [7, 11) is 0. The quantitative estimate of drug-likeness (QED) is 0.769. The molecule has 126 valence electrons. The molecule has 2 atom stereocenters. The normalized spacial score (nSPS) is 26.4. The largest absolute Gasteiger partial charge is 0.468 e. The van der Waals surface area contributed by atoms with Gasteiger partial charge in [-0.3, -0.25) is 14.5 Å². The second-order valence-corrected chi connectivity index (χ2v) is 7.21. The molecular formula is C17H25N3O3. The Balaban J connectivity index is 1.65. The molecule has 0 radical (unpaired) electrons. The second kappa shape index (κ2) is 6.00. The van der Waals surface area contributed by atoms with Crippen LogP contribution in [0.5, 0.6) is 0 Å². The van der Waals surface area contributed by atoms with Crippen LogP contribution in [0.25, 0.3) is 0 Å². The average molecular weight is 319 g/mol. The molecule has 0 spiro atoms. The zero-order chi connectivity index (χ0) is 16.6. The van der Waals surface area contributed by atoms with Gasteiger partial charge in [0.1, 0.15) is 11.2 Å². The Labute approximate surface area is 136 Å². The number of nitrogens with one attached hydrogen (secondary N) is 1. The van der Waals surface area contributed by atoms with Crippen molar-refractivity contribution in [2.75, 3.05) is 13.1 Å². The molecule has 0 bridgehead atoms. The van der Waals surface area contributed by atoms with Crippen LogP contribution >= 0.6 is 0 Å². The highest BCUT2D eigenvalue weighted by Crippen LogP contribution is 2.45. The van der Waals surface area contributed by atoms with Crippen molar-refractivity contribution >= 4 is 11.8 Å². The monoisotopic (exact) mass is 319 g/mol. The first-order valence-corrected chi connectivity index (χ1v) is 8.28. The van der Waals surface area contributed by atoms with Crippen molar-refractivity contribution in [1.29, 1.82) is 0 Å². The van der Waals surface area contributed by atoms with E-state index in [1.807, 2.05) is 12.1 Å². The molecule has 1 aliphatic carbocycles. The van der Waals surface area contributed by atoms with Gasteiger partial charge in [0.05, 0.1) is 12.8 Å². The lowest BCUT2D eigenvalue weighted by molar-refractivity contribution is -0.136. The van der Waals surface area contributed by atoms with Gasteiger partial charge in [-0.2, -0.15) is 0 Å². The van der Waals surface area contributed by atoms with E-state index in [9.17, 15) is 9.59 Å². The van der Waals surface area contributed by atoms with Crippen LogP contribution in [-0.2, 0) is 16.1 Å². The Morgan fingerprint density at radius 1 is 1.43 bits per heavy atom. The second-order valence-electron chi connectivity index (χ2n) is 7.21. The molecule has 1 aromatic rings. The van der Waals surface area contributed by atoms with Crippen LogP contribution in [0.4, 0.5) is 0 Å². The van der Waals surface area contributed by atoms with Gasteiger partial charge in [-0.05, 0) is 36.8 Å². The first-order valence-electron chi connectivity index (χ1n) is 8.28. The molecule has 6 heteroatoms. The number of carbonyl (C=O) groups is 2. The fourth-order valence-electron chi connectivity index (χ4n) is 3.51. The molecule has 3 N–H and O–H groups in total. The van der Waals surface area contributed by atoms with Gasteiger partial charge in [-0.1, -0.05) is 13.8 Å². The Hall–Kier alpha value is -1.82. The fourth-order valence-corrected chi connectivity index (χ4v) is 3.51. The summed E-state index contributed by atoms with van der Waals surface area (Å²) >= 11 is 0. The highest BCUT2D eigenvalue weighted by molar-refractivity contribution is 6.07. The number of furan rings is 1. The van der Waals surface area contributed by atoms with E-state index in [0.717, 1.165) is 25.4 Å². The average Bonchev–Trinajstić information content (AvgIpc) is 2.99. The van der Waals surface area contributed by atoms with Crippen molar-refractivity contribution < 1.29 is 14.0 Å². The third-order valence-corrected chi connectivity index (χ3v) is 5.23. The maximum absolute atomic E-state index is 12.5. The lowest BCUT2D eigenvalue weighted by atomic mass is 9.90. The minimum atomic E-state index is -0.948. The maximum Gasteiger partial charge on any atom is 0.235 e. The lowest BCUT2D eigenvalue weighted by Gasteiger charge is -2.24. The van der Waals surface area contributed by atoms with Gasteiger partial charge in [0.15, 0.2) is 0 Å². The number of amides is 2. The van der Waals surface area contributed by atoms with Crippen LogP contribution in [0.2, 0.25) is 0 Å². The van der Waals surface area contributed by atoms with Crippen LogP contribution in [0.15, 0.2) is 22.8 Å². The smallest absolute Gasteiger partial charge is 0.235 e. The number of primary amides is 1. The Morgan fingerprint density at radius 3 is 2.70 bits per heavy atom. The van der Waals surface area contributed by atoms with Gasteiger partial charge in [-0.25, -0.2) is 0 Å². The van der Waals surface area contributed by atoms with Crippen molar-refractivity contribution in [3.8, 4) is 0 Å². The summed E-state index contributed by atoms with van der Waals surface area (Å²) in [6, 6.07) is 3.89. The van der Waals surface area contributed by atoms with Crippen LogP contribution in [-0.4, -0.2) is 35.8 Å². The third-order valence-electron chi connectivity index (χ3n) is 5.23. The predicted octanol–water partition coefficient (Wildman–Crippen LogP) is 1.12. The van der Waals surface area contributed by atoms with E-state index in [-0.39, 0.29) is 11.9 Å². The van der Waals surface area contributed by atoms with E-state index in [2.05, 4.69) is 24.1 Å². The van der Waals surface area contributed by atoms with E-state index < -0.39 is 11.3 Å².